The highest BCUT2D eigenvalue weighted by Gasteiger charge is 2.23. The van der Waals surface area contributed by atoms with Crippen molar-refractivity contribution in [1.29, 1.82) is 0 Å². The van der Waals surface area contributed by atoms with Crippen LogP contribution in [0, 0.1) is 0 Å². The number of nitrogens with zero attached hydrogens (tertiary/aromatic N) is 2. The van der Waals surface area contributed by atoms with Crippen molar-refractivity contribution < 1.29 is 14.3 Å². The highest BCUT2D eigenvalue weighted by atomic mass is 35.5. The number of benzene rings is 3. The van der Waals surface area contributed by atoms with E-state index in [0.717, 1.165) is 11.1 Å². The van der Waals surface area contributed by atoms with Crippen LogP contribution in [0.2, 0.25) is 10.0 Å². The number of carbonyl (C=O) groups is 2. The Kier molecular flexibility index (Phi) is 8.37. The number of amides is 3. The fraction of sp³-hybridized carbons (Fsp3) is 0.120. The van der Waals surface area contributed by atoms with Crippen molar-refractivity contribution in [2.75, 3.05) is 17.7 Å². The zero-order valence-electron chi connectivity index (χ0n) is 19.0. The molecule has 0 radical (unpaired) electrons. The third kappa shape index (κ3) is 6.51. The largest absolute Gasteiger partial charge is 0.497 e. The van der Waals surface area contributed by atoms with Gasteiger partial charge in [0.1, 0.15) is 16.8 Å². The Hall–Kier alpha value is -3.66. The Morgan fingerprint density at radius 1 is 0.972 bits per heavy atom. The third-order valence-electron chi connectivity index (χ3n) is 5.08. The molecule has 3 amide bonds. The fourth-order valence-corrected chi connectivity index (χ4v) is 4.41. The van der Waals surface area contributed by atoms with Gasteiger partial charge in [0.25, 0.3) is 0 Å². The highest BCUT2D eigenvalue weighted by Crippen LogP contribution is 2.30. The third-order valence-corrected chi connectivity index (χ3v) is 6.78. The van der Waals surface area contributed by atoms with Gasteiger partial charge in [0.15, 0.2) is 0 Å². The summed E-state index contributed by atoms with van der Waals surface area (Å²) in [5, 5.41) is 17.8. The van der Waals surface area contributed by atoms with Crippen LogP contribution in [0.1, 0.15) is 5.56 Å². The van der Waals surface area contributed by atoms with Crippen molar-refractivity contribution in [1.82, 2.24) is 15.5 Å². The molecule has 184 valence electrons. The van der Waals surface area contributed by atoms with Crippen molar-refractivity contribution in [2.24, 2.45) is 0 Å². The second-order valence-electron chi connectivity index (χ2n) is 7.58. The molecule has 1 aromatic heterocycles. The van der Waals surface area contributed by atoms with Gasteiger partial charge in [-0.25, -0.2) is 4.79 Å². The topological polar surface area (TPSA) is 105 Å². The molecule has 0 saturated carbocycles. The molecule has 4 rings (SSSR count). The Balaban J connectivity index is 1.49. The predicted molar refractivity (Wildman–Crippen MR) is 143 cm³/mol. The fourth-order valence-electron chi connectivity index (χ4n) is 3.32. The van der Waals surface area contributed by atoms with Gasteiger partial charge in [0.05, 0.1) is 22.8 Å². The normalized spacial score (nSPS) is 11.4. The van der Waals surface area contributed by atoms with E-state index < -0.39 is 18.0 Å². The summed E-state index contributed by atoms with van der Waals surface area (Å²) in [7, 11) is 1.58. The average Bonchev–Trinajstić information content (AvgIpc) is 3.35. The molecule has 0 aliphatic heterocycles. The quantitative estimate of drug-likeness (QED) is 0.258. The minimum Gasteiger partial charge on any atom is -0.497 e. The molecule has 1 atom stereocenters. The lowest BCUT2D eigenvalue weighted by Crippen LogP contribution is -2.47. The van der Waals surface area contributed by atoms with E-state index in [-0.39, 0.29) is 11.4 Å². The number of aromatic nitrogens is 2. The first-order chi connectivity index (χ1) is 17.4. The Morgan fingerprint density at radius 3 is 2.53 bits per heavy atom. The minimum absolute atomic E-state index is 0.206. The number of urea groups is 1. The Labute approximate surface area is 221 Å². The summed E-state index contributed by atoms with van der Waals surface area (Å²) in [5.74, 6) is 0.241. The van der Waals surface area contributed by atoms with E-state index in [9.17, 15) is 9.59 Å². The second kappa shape index (κ2) is 11.9. The summed E-state index contributed by atoms with van der Waals surface area (Å²) in [4.78, 5) is 25.9. The second-order valence-corrected chi connectivity index (χ2v) is 9.34. The summed E-state index contributed by atoms with van der Waals surface area (Å²) in [6, 6.07) is 20.1. The first-order valence-corrected chi connectivity index (χ1v) is 12.3. The SMILES string of the molecule is COc1cccc(-c2nnc(NC(=O)[C@H](Cc3ccccc3)NC(=O)Nc3cccc(Cl)c3Cl)s2)c1. The summed E-state index contributed by atoms with van der Waals surface area (Å²) in [6.45, 7) is 0. The Morgan fingerprint density at radius 2 is 1.75 bits per heavy atom. The smallest absolute Gasteiger partial charge is 0.319 e. The van der Waals surface area contributed by atoms with Crippen molar-refractivity contribution in [3.8, 4) is 16.3 Å². The van der Waals surface area contributed by atoms with E-state index in [1.54, 1.807) is 25.3 Å². The molecular weight excluding hydrogens is 521 g/mol. The molecule has 0 unspecified atom stereocenters. The van der Waals surface area contributed by atoms with Crippen molar-refractivity contribution in [2.45, 2.75) is 12.5 Å². The van der Waals surface area contributed by atoms with Gasteiger partial charge < -0.3 is 15.4 Å². The monoisotopic (exact) mass is 541 g/mol. The predicted octanol–water partition coefficient (Wildman–Crippen LogP) is 5.89. The minimum atomic E-state index is -0.908. The van der Waals surface area contributed by atoms with Crippen LogP contribution in [-0.4, -0.2) is 35.3 Å². The lowest BCUT2D eigenvalue weighted by atomic mass is 10.1. The van der Waals surface area contributed by atoms with E-state index in [1.165, 1.54) is 11.3 Å². The first kappa shape index (κ1) is 25.4. The van der Waals surface area contributed by atoms with Gasteiger partial charge in [0.2, 0.25) is 11.0 Å². The van der Waals surface area contributed by atoms with Crippen molar-refractivity contribution in [3.63, 3.8) is 0 Å². The van der Waals surface area contributed by atoms with E-state index in [1.807, 2.05) is 54.6 Å². The molecule has 0 saturated heterocycles. The van der Waals surface area contributed by atoms with Gasteiger partial charge >= 0.3 is 6.03 Å². The number of nitrogens with one attached hydrogen (secondary N) is 3. The highest BCUT2D eigenvalue weighted by molar-refractivity contribution is 7.18. The molecular formula is C25H21Cl2N5O3S. The lowest BCUT2D eigenvalue weighted by Gasteiger charge is -2.18. The number of rotatable bonds is 8. The molecule has 0 aliphatic rings. The maximum atomic E-state index is 13.2. The first-order valence-electron chi connectivity index (χ1n) is 10.8. The van der Waals surface area contributed by atoms with Gasteiger partial charge in [-0.15, -0.1) is 10.2 Å². The van der Waals surface area contributed by atoms with Crippen molar-refractivity contribution in [3.05, 3.63) is 88.4 Å². The summed E-state index contributed by atoms with van der Waals surface area (Å²) in [5.41, 5.74) is 2.00. The summed E-state index contributed by atoms with van der Waals surface area (Å²) in [6.07, 6.45) is 0.255. The molecule has 0 bridgehead atoms. The molecule has 0 spiro atoms. The maximum absolute atomic E-state index is 13.2. The zero-order valence-corrected chi connectivity index (χ0v) is 21.3. The van der Waals surface area contributed by atoms with Crippen LogP contribution in [-0.2, 0) is 11.2 Å². The van der Waals surface area contributed by atoms with Gasteiger partial charge in [0, 0.05) is 12.0 Å². The molecule has 4 aromatic rings. The number of ether oxygens (including phenoxy) is 1. The number of anilines is 2. The average molecular weight is 542 g/mol. The maximum Gasteiger partial charge on any atom is 0.319 e. The van der Waals surface area contributed by atoms with E-state index >= 15 is 0 Å². The van der Waals surface area contributed by atoms with Gasteiger partial charge in [-0.05, 0) is 29.8 Å². The molecule has 0 fully saturated rings. The number of methoxy groups -OCH3 is 1. The molecule has 11 heteroatoms. The van der Waals surface area contributed by atoms with Crippen LogP contribution in [0.3, 0.4) is 0 Å². The van der Waals surface area contributed by atoms with E-state index in [0.29, 0.717) is 26.6 Å². The van der Waals surface area contributed by atoms with Crippen LogP contribution in [0.25, 0.3) is 10.6 Å². The number of hydrogen-bond acceptors (Lipinski definition) is 6. The number of hydrogen-bond donors (Lipinski definition) is 3. The molecule has 0 aliphatic carbocycles. The molecule has 1 heterocycles. The summed E-state index contributed by atoms with van der Waals surface area (Å²) < 4.78 is 5.25. The number of halogens is 2. The van der Waals surface area contributed by atoms with E-state index in [4.69, 9.17) is 27.9 Å². The van der Waals surface area contributed by atoms with Gasteiger partial charge in [-0.2, -0.15) is 0 Å². The molecule has 3 N–H and O–H groups in total. The summed E-state index contributed by atoms with van der Waals surface area (Å²) >= 11 is 13.4. The van der Waals surface area contributed by atoms with Crippen LogP contribution in [0.4, 0.5) is 15.6 Å². The van der Waals surface area contributed by atoms with Gasteiger partial charge in [-0.1, -0.05) is 83.1 Å². The van der Waals surface area contributed by atoms with E-state index in [2.05, 4.69) is 26.1 Å². The molecule has 36 heavy (non-hydrogen) atoms. The zero-order chi connectivity index (χ0) is 25.5. The standard InChI is InChI=1S/C25H21Cl2N5O3S/c1-35-17-10-5-9-16(14-17)23-31-32-25(36-23)30-22(33)20(13-15-7-3-2-4-8-15)29-24(34)28-19-12-6-11-18(26)21(19)27/h2-12,14,20H,13H2,1H3,(H2,28,29,34)(H,30,32,33)/t20-/m0/s1. The molecule has 8 nitrogen and oxygen atoms in total. The van der Waals surface area contributed by atoms with Gasteiger partial charge in [-0.3, -0.25) is 10.1 Å². The Bertz CT molecular complexity index is 1370. The van der Waals surface area contributed by atoms with Crippen molar-refractivity contribution >= 4 is 57.3 Å². The number of carbonyl (C=O) groups excluding carboxylic acids is 2. The lowest BCUT2D eigenvalue weighted by molar-refractivity contribution is -0.117. The van der Waals surface area contributed by atoms with Crippen LogP contribution >= 0.6 is 34.5 Å². The van der Waals surface area contributed by atoms with Crippen LogP contribution in [0.15, 0.2) is 72.8 Å². The molecule has 3 aromatic carbocycles. The van der Waals surface area contributed by atoms with Crippen LogP contribution in [0.5, 0.6) is 5.75 Å². The van der Waals surface area contributed by atoms with Crippen LogP contribution < -0.4 is 20.7 Å².